The SMILES string of the molecule is CC(=O)c1cc(N)ccc1Sc1ccc(Cl)cc1. The van der Waals surface area contributed by atoms with Crippen LogP contribution in [0.25, 0.3) is 0 Å². The van der Waals surface area contributed by atoms with Crippen LogP contribution in [0.4, 0.5) is 5.69 Å². The lowest BCUT2D eigenvalue weighted by Crippen LogP contribution is -1.97. The molecular weight excluding hydrogens is 266 g/mol. The van der Waals surface area contributed by atoms with Crippen LogP contribution in [-0.4, -0.2) is 5.78 Å². The van der Waals surface area contributed by atoms with Crippen LogP contribution in [0.1, 0.15) is 17.3 Å². The van der Waals surface area contributed by atoms with Crippen molar-refractivity contribution in [2.75, 3.05) is 5.73 Å². The zero-order valence-electron chi connectivity index (χ0n) is 9.81. The number of nitrogens with two attached hydrogens (primary N) is 1. The monoisotopic (exact) mass is 277 g/mol. The summed E-state index contributed by atoms with van der Waals surface area (Å²) < 4.78 is 0. The van der Waals surface area contributed by atoms with Gasteiger partial charge in [-0.3, -0.25) is 4.79 Å². The molecule has 0 bridgehead atoms. The second kappa shape index (κ2) is 5.46. The predicted molar refractivity (Wildman–Crippen MR) is 76.4 cm³/mol. The highest BCUT2D eigenvalue weighted by molar-refractivity contribution is 7.99. The second-order valence-electron chi connectivity index (χ2n) is 3.87. The summed E-state index contributed by atoms with van der Waals surface area (Å²) in [5, 5.41) is 0.698. The number of rotatable bonds is 3. The number of hydrogen-bond acceptors (Lipinski definition) is 3. The summed E-state index contributed by atoms with van der Waals surface area (Å²) in [6.45, 7) is 1.54. The minimum atomic E-state index is 0.0127. The Kier molecular flexibility index (Phi) is 3.94. The lowest BCUT2D eigenvalue weighted by atomic mass is 10.1. The summed E-state index contributed by atoms with van der Waals surface area (Å²) in [7, 11) is 0. The van der Waals surface area contributed by atoms with Crippen molar-refractivity contribution in [1.29, 1.82) is 0 Å². The molecule has 0 aliphatic heterocycles. The summed E-state index contributed by atoms with van der Waals surface area (Å²) in [6.07, 6.45) is 0. The number of hydrogen-bond donors (Lipinski definition) is 1. The largest absolute Gasteiger partial charge is 0.399 e. The molecule has 92 valence electrons. The van der Waals surface area contributed by atoms with E-state index in [-0.39, 0.29) is 5.78 Å². The van der Waals surface area contributed by atoms with Crippen LogP contribution in [0.3, 0.4) is 0 Å². The summed E-state index contributed by atoms with van der Waals surface area (Å²) in [6, 6.07) is 12.9. The van der Waals surface area contributed by atoms with Gasteiger partial charge in [-0.05, 0) is 49.4 Å². The first kappa shape index (κ1) is 13.0. The van der Waals surface area contributed by atoms with Crippen molar-refractivity contribution in [3.05, 3.63) is 53.1 Å². The number of ketones is 1. The van der Waals surface area contributed by atoms with Gasteiger partial charge in [-0.1, -0.05) is 23.4 Å². The maximum absolute atomic E-state index is 11.6. The molecule has 4 heteroatoms. The van der Waals surface area contributed by atoms with E-state index in [9.17, 15) is 4.79 Å². The van der Waals surface area contributed by atoms with Crippen LogP contribution in [0.5, 0.6) is 0 Å². The Morgan fingerprint density at radius 3 is 2.44 bits per heavy atom. The summed E-state index contributed by atoms with van der Waals surface area (Å²) in [5.74, 6) is 0.0127. The maximum atomic E-state index is 11.6. The molecule has 18 heavy (non-hydrogen) atoms. The molecule has 0 atom stereocenters. The second-order valence-corrected chi connectivity index (χ2v) is 5.42. The molecular formula is C14H12ClNOS. The van der Waals surface area contributed by atoms with Gasteiger partial charge in [-0.25, -0.2) is 0 Å². The zero-order chi connectivity index (χ0) is 13.1. The van der Waals surface area contributed by atoms with Gasteiger partial charge >= 0.3 is 0 Å². The van der Waals surface area contributed by atoms with E-state index in [2.05, 4.69) is 0 Å². The molecule has 0 aromatic heterocycles. The van der Waals surface area contributed by atoms with Crippen LogP contribution >= 0.6 is 23.4 Å². The number of halogens is 1. The summed E-state index contributed by atoms with van der Waals surface area (Å²) >= 11 is 7.36. The Hall–Kier alpha value is -1.45. The normalized spacial score (nSPS) is 10.3. The maximum Gasteiger partial charge on any atom is 0.161 e. The van der Waals surface area contributed by atoms with Gasteiger partial charge in [0.05, 0.1) is 0 Å². The fourth-order valence-electron chi connectivity index (χ4n) is 1.54. The molecule has 0 amide bonds. The number of carbonyl (C=O) groups excluding carboxylic acids is 1. The van der Waals surface area contributed by atoms with Crippen LogP contribution in [-0.2, 0) is 0 Å². The van der Waals surface area contributed by atoms with Gasteiger partial charge < -0.3 is 5.73 Å². The number of Topliss-reactive ketones (excluding diaryl/α,β-unsaturated/α-hetero) is 1. The highest BCUT2D eigenvalue weighted by Gasteiger charge is 2.09. The van der Waals surface area contributed by atoms with Crippen molar-refractivity contribution < 1.29 is 4.79 Å². The Bertz CT molecular complexity index is 581. The fourth-order valence-corrected chi connectivity index (χ4v) is 2.64. The third-order valence-electron chi connectivity index (χ3n) is 2.42. The predicted octanol–water partition coefficient (Wildman–Crippen LogP) is 4.28. The van der Waals surface area contributed by atoms with Gasteiger partial charge in [0.15, 0.2) is 5.78 Å². The van der Waals surface area contributed by atoms with Gasteiger partial charge in [0.25, 0.3) is 0 Å². The Morgan fingerprint density at radius 2 is 1.83 bits per heavy atom. The van der Waals surface area contributed by atoms with Gasteiger partial charge in [0, 0.05) is 26.1 Å². The van der Waals surface area contributed by atoms with Crippen LogP contribution < -0.4 is 5.73 Å². The molecule has 2 aromatic carbocycles. The topological polar surface area (TPSA) is 43.1 Å². The van der Waals surface area contributed by atoms with Crippen molar-refractivity contribution >= 4 is 34.8 Å². The standard InChI is InChI=1S/C14H12ClNOS/c1-9(17)13-8-11(16)4-7-14(13)18-12-5-2-10(15)3-6-12/h2-8H,16H2,1H3. The van der Waals surface area contributed by atoms with Gasteiger partial charge in [-0.2, -0.15) is 0 Å². The average Bonchev–Trinajstić information content (AvgIpc) is 2.34. The Morgan fingerprint density at radius 1 is 1.17 bits per heavy atom. The quantitative estimate of drug-likeness (QED) is 0.673. The van der Waals surface area contributed by atoms with E-state index in [1.807, 2.05) is 30.3 Å². The van der Waals surface area contributed by atoms with E-state index >= 15 is 0 Å². The molecule has 0 aliphatic rings. The highest BCUT2D eigenvalue weighted by atomic mass is 35.5. The molecule has 2 nitrogen and oxygen atoms in total. The third-order valence-corrected chi connectivity index (χ3v) is 3.76. The lowest BCUT2D eigenvalue weighted by molar-refractivity contribution is 0.101. The Balaban J connectivity index is 2.34. The minimum absolute atomic E-state index is 0.0127. The van der Waals surface area contributed by atoms with Crippen molar-refractivity contribution in [1.82, 2.24) is 0 Å². The van der Waals surface area contributed by atoms with E-state index < -0.39 is 0 Å². The molecule has 2 aromatic rings. The van der Waals surface area contributed by atoms with Crippen molar-refractivity contribution in [2.24, 2.45) is 0 Å². The van der Waals surface area contributed by atoms with Crippen molar-refractivity contribution in [3.8, 4) is 0 Å². The van der Waals surface area contributed by atoms with E-state index in [1.165, 1.54) is 11.8 Å². The van der Waals surface area contributed by atoms with Crippen LogP contribution in [0, 0.1) is 0 Å². The van der Waals surface area contributed by atoms with E-state index in [0.29, 0.717) is 16.3 Å². The average molecular weight is 278 g/mol. The van der Waals surface area contributed by atoms with E-state index in [0.717, 1.165) is 9.79 Å². The summed E-state index contributed by atoms with van der Waals surface area (Å²) in [5.41, 5.74) is 6.95. The van der Waals surface area contributed by atoms with Gasteiger partial charge in [0.1, 0.15) is 0 Å². The molecule has 0 saturated carbocycles. The van der Waals surface area contributed by atoms with Crippen molar-refractivity contribution in [2.45, 2.75) is 16.7 Å². The minimum Gasteiger partial charge on any atom is -0.399 e. The van der Waals surface area contributed by atoms with Crippen LogP contribution in [0.2, 0.25) is 5.02 Å². The first-order valence-electron chi connectivity index (χ1n) is 5.40. The van der Waals surface area contributed by atoms with Gasteiger partial charge in [-0.15, -0.1) is 0 Å². The van der Waals surface area contributed by atoms with Crippen molar-refractivity contribution in [3.63, 3.8) is 0 Å². The number of anilines is 1. The number of benzene rings is 2. The molecule has 0 aliphatic carbocycles. The highest BCUT2D eigenvalue weighted by Crippen LogP contribution is 2.32. The van der Waals surface area contributed by atoms with E-state index in [1.54, 1.807) is 19.1 Å². The van der Waals surface area contributed by atoms with Gasteiger partial charge in [0.2, 0.25) is 0 Å². The number of carbonyl (C=O) groups is 1. The Labute approximate surface area is 115 Å². The molecule has 2 rings (SSSR count). The molecule has 0 radical (unpaired) electrons. The molecule has 0 saturated heterocycles. The van der Waals surface area contributed by atoms with E-state index in [4.69, 9.17) is 17.3 Å². The molecule has 0 heterocycles. The fraction of sp³-hybridized carbons (Fsp3) is 0.0714. The lowest BCUT2D eigenvalue weighted by Gasteiger charge is -2.07. The molecule has 0 unspecified atom stereocenters. The molecule has 0 fully saturated rings. The molecule has 2 N–H and O–H groups in total. The smallest absolute Gasteiger partial charge is 0.161 e. The van der Waals surface area contributed by atoms with Crippen LogP contribution in [0.15, 0.2) is 52.3 Å². The number of nitrogen functional groups attached to an aromatic ring is 1. The molecule has 0 spiro atoms. The zero-order valence-corrected chi connectivity index (χ0v) is 11.4. The summed E-state index contributed by atoms with van der Waals surface area (Å²) in [4.78, 5) is 13.5. The third kappa shape index (κ3) is 3.06. The first-order valence-corrected chi connectivity index (χ1v) is 6.59. The first-order chi connectivity index (χ1) is 8.56.